The van der Waals surface area contributed by atoms with Crippen molar-refractivity contribution < 1.29 is 17.9 Å². The third-order valence-electron chi connectivity index (χ3n) is 3.11. The minimum Gasteiger partial charge on any atom is -0.466 e. The molecule has 0 spiro atoms. The molecule has 0 amide bonds. The highest BCUT2D eigenvalue weighted by Crippen LogP contribution is 2.18. The molecule has 0 bridgehead atoms. The van der Waals surface area contributed by atoms with Crippen molar-refractivity contribution >= 4 is 33.5 Å². The van der Waals surface area contributed by atoms with Crippen molar-refractivity contribution in [2.24, 2.45) is 0 Å². The first-order valence-electron chi connectivity index (χ1n) is 6.74. The summed E-state index contributed by atoms with van der Waals surface area (Å²) in [6, 6.07) is 14.7. The van der Waals surface area contributed by atoms with E-state index in [-0.39, 0.29) is 10.5 Å². The fourth-order valence-electron chi connectivity index (χ4n) is 1.97. The average Bonchev–Trinajstić information content (AvgIpc) is 2.56. The van der Waals surface area contributed by atoms with Gasteiger partial charge in [0.25, 0.3) is 0 Å². The molecule has 0 aliphatic heterocycles. The maximum absolute atomic E-state index is 12.4. The number of methoxy groups -OCH3 is 1. The molecule has 0 fully saturated rings. The minimum atomic E-state index is -3.64. The van der Waals surface area contributed by atoms with Crippen molar-refractivity contribution in [2.75, 3.05) is 12.9 Å². The first kappa shape index (κ1) is 17.2. The van der Waals surface area contributed by atoms with Gasteiger partial charge >= 0.3 is 5.97 Å². The zero-order valence-electron chi connectivity index (χ0n) is 12.4. The largest absolute Gasteiger partial charge is 0.466 e. The topological polar surface area (TPSA) is 60.4 Å². The third kappa shape index (κ3) is 4.68. The van der Waals surface area contributed by atoms with Gasteiger partial charge in [-0.05, 0) is 35.9 Å². The summed E-state index contributed by atoms with van der Waals surface area (Å²) in [5.41, 5.74) is 0.719. The highest BCUT2D eigenvalue weighted by Gasteiger charge is 2.21. The van der Waals surface area contributed by atoms with E-state index in [1.165, 1.54) is 25.3 Å². The molecular formula is C17H15ClO4S. The molecule has 0 N–H and O–H groups in total. The van der Waals surface area contributed by atoms with E-state index in [0.717, 1.165) is 0 Å². The summed E-state index contributed by atoms with van der Waals surface area (Å²) < 4.78 is 29.6. The summed E-state index contributed by atoms with van der Waals surface area (Å²) in [6.07, 6.45) is 1.49. The normalized spacial score (nSPS) is 12.0. The van der Waals surface area contributed by atoms with E-state index in [9.17, 15) is 13.2 Å². The molecule has 0 aromatic heterocycles. The molecule has 2 rings (SSSR count). The Morgan fingerprint density at radius 3 is 2.26 bits per heavy atom. The molecule has 120 valence electrons. The molecule has 0 unspecified atom stereocenters. The highest BCUT2D eigenvalue weighted by molar-refractivity contribution is 7.91. The SMILES string of the molecule is COC(=O)/C(=C/c1ccc(Cl)cc1)CS(=O)(=O)c1ccccc1. The van der Waals surface area contributed by atoms with Crippen LogP contribution in [0.25, 0.3) is 6.08 Å². The van der Waals surface area contributed by atoms with Crippen molar-refractivity contribution in [2.45, 2.75) is 4.90 Å². The van der Waals surface area contributed by atoms with Crippen molar-refractivity contribution in [1.82, 2.24) is 0 Å². The summed E-state index contributed by atoms with van der Waals surface area (Å²) in [5.74, 6) is -1.12. The monoisotopic (exact) mass is 350 g/mol. The molecule has 23 heavy (non-hydrogen) atoms. The Kier molecular flexibility index (Phi) is 5.58. The molecule has 0 aliphatic carbocycles. The van der Waals surface area contributed by atoms with Crippen LogP contribution >= 0.6 is 11.6 Å². The van der Waals surface area contributed by atoms with Gasteiger partial charge in [0, 0.05) is 5.02 Å². The Bertz CT molecular complexity index is 809. The van der Waals surface area contributed by atoms with Crippen LogP contribution in [-0.2, 0) is 19.4 Å². The Morgan fingerprint density at radius 2 is 1.70 bits per heavy atom. The zero-order valence-corrected chi connectivity index (χ0v) is 14.0. The number of esters is 1. The Labute approximate surface area is 140 Å². The van der Waals surface area contributed by atoms with Gasteiger partial charge < -0.3 is 4.74 Å². The smallest absolute Gasteiger partial charge is 0.334 e. The van der Waals surface area contributed by atoms with Crippen molar-refractivity contribution in [1.29, 1.82) is 0 Å². The maximum atomic E-state index is 12.4. The number of ether oxygens (including phenoxy) is 1. The van der Waals surface area contributed by atoms with Gasteiger partial charge in [0.15, 0.2) is 9.84 Å². The number of hydrogen-bond acceptors (Lipinski definition) is 4. The van der Waals surface area contributed by atoms with Crippen molar-refractivity contribution in [3.8, 4) is 0 Å². The highest BCUT2D eigenvalue weighted by atomic mass is 35.5. The van der Waals surface area contributed by atoms with Gasteiger partial charge in [0.1, 0.15) is 0 Å². The molecule has 0 aliphatic rings. The Balaban J connectivity index is 2.37. The summed E-state index contributed by atoms with van der Waals surface area (Å²) >= 11 is 5.82. The van der Waals surface area contributed by atoms with Crippen molar-refractivity contribution in [3.05, 3.63) is 70.8 Å². The van der Waals surface area contributed by atoms with Crippen LogP contribution in [0.15, 0.2) is 65.1 Å². The van der Waals surface area contributed by atoms with E-state index in [0.29, 0.717) is 10.6 Å². The van der Waals surface area contributed by atoms with E-state index in [1.807, 2.05) is 0 Å². The Morgan fingerprint density at radius 1 is 1.09 bits per heavy atom. The number of hydrogen-bond donors (Lipinski definition) is 0. The lowest BCUT2D eigenvalue weighted by Gasteiger charge is -2.08. The second-order valence-electron chi connectivity index (χ2n) is 4.78. The molecule has 0 heterocycles. The molecule has 0 saturated carbocycles. The van der Waals surface area contributed by atoms with Gasteiger partial charge in [-0.3, -0.25) is 0 Å². The molecule has 2 aromatic carbocycles. The lowest BCUT2D eigenvalue weighted by molar-refractivity contribution is -0.135. The predicted molar refractivity (Wildman–Crippen MR) is 89.9 cm³/mol. The van der Waals surface area contributed by atoms with Crippen LogP contribution in [0.3, 0.4) is 0 Å². The predicted octanol–water partition coefficient (Wildman–Crippen LogP) is 3.37. The average molecular weight is 351 g/mol. The molecule has 0 saturated heterocycles. The number of carbonyl (C=O) groups is 1. The zero-order chi connectivity index (χ0) is 16.9. The molecule has 0 radical (unpaired) electrons. The summed E-state index contributed by atoms with van der Waals surface area (Å²) in [7, 11) is -2.42. The second-order valence-corrected chi connectivity index (χ2v) is 7.21. The second kappa shape index (κ2) is 7.44. The minimum absolute atomic E-state index is 0.0543. The third-order valence-corrected chi connectivity index (χ3v) is 5.04. The number of benzene rings is 2. The standard InChI is InChI=1S/C17H15ClO4S/c1-22-17(19)14(11-13-7-9-15(18)10-8-13)12-23(20,21)16-5-3-2-4-6-16/h2-11H,12H2,1H3/b14-11+. The van der Waals surface area contributed by atoms with Gasteiger partial charge in [0.2, 0.25) is 0 Å². The number of carbonyl (C=O) groups excluding carboxylic acids is 1. The quantitative estimate of drug-likeness (QED) is 0.612. The lowest BCUT2D eigenvalue weighted by atomic mass is 10.1. The number of halogens is 1. The fourth-order valence-corrected chi connectivity index (χ4v) is 3.44. The van der Waals surface area contributed by atoms with Gasteiger partial charge in [-0.1, -0.05) is 41.9 Å². The van der Waals surface area contributed by atoms with E-state index in [4.69, 9.17) is 16.3 Å². The number of sulfone groups is 1. The van der Waals surface area contributed by atoms with Crippen LogP contribution < -0.4 is 0 Å². The number of rotatable bonds is 5. The van der Waals surface area contributed by atoms with E-state index in [2.05, 4.69) is 0 Å². The van der Waals surface area contributed by atoms with Crippen LogP contribution in [0.2, 0.25) is 5.02 Å². The van der Waals surface area contributed by atoms with E-state index >= 15 is 0 Å². The van der Waals surface area contributed by atoms with Crippen LogP contribution in [0, 0.1) is 0 Å². The van der Waals surface area contributed by atoms with Gasteiger partial charge in [0.05, 0.1) is 23.3 Å². The molecule has 0 atom stereocenters. The Hall–Kier alpha value is -2.11. The molecule has 4 nitrogen and oxygen atoms in total. The van der Waals surface area contributed by atoms with Crippen LogP contribution in [0.1, 0.15) is 5.56 Å². The van der Waals surface area contributed by atoms with Gasteiger partial charge in [-0.2, -0.15) is 0 Å². The van der Waals surface area contributed by atoms with Crippen LogP contribution in [0.4, 0.5) is 0 Å². The van der Waals surface area contributed by atoms with Crippen LogP contribution in [0.5, 0.6) is 0 Å². The molecule has 2 aromatic rings. The lowest BCUT2D eigenvalue weighted by Crippen LogP contribution is -2.16. The van der Waals surface area contributed by atoms with Crippen LogP contribution in [-0.4, -0.2) is 27.2 Å². The summed E-state index contributed by atoms with van der Waals surface area (Å²) in [4.78, 5) is 12.1. The first-order chi connectivity index (χ1) is 10.9. The summed E-state index contributed by atoms with van der Waals surface area (Å²) in [6.45, 7) is 0. The van der Waals surface area contributed by atoms with E-state index in [1.54, 1.807) is 42.5 Å². The molecule has 6 heteroatoms. The first-order valence-corrected chi connectivity index (χ1v) is 8.77. The maximum Gasteiger partial charge on any atom is 0.334 e. The van der Waals surface area contributed by atoms with Gasteiger partial charge in [-0.15, -0.1) is 0 Å². The fraction of sp³-hybridized carbons (Fsp3) is 0.118. The van der Waals surface area contributed by atoms with Gasteiger partial charge in [-0.25, -0.2) is 13.2 Å². The molecular weight excluding hydrogens is 336 g/mol. The van der Waals surface area contributed by atoms with Crippen molar-refractivity contribution in [3.63, 3.8) is 0 Å². The van der Waals surface area contributed by atoms with E-state index < -0.39 is 21.6 Å². The summed E-state index contributed by atoms with van der Waals surface area (Å²) in [5, 5.41) is 0.554.